The molecule has 2 aromatic carbocycles. The number of nitrogens with one attached hydrogen (secondary N) is 2. The van der Waals surface area contributed by atoms with E-state index >= 15 is 0 Å². The second-order valence-corrected chi connectivity index (χ2v) is 5.23. The molecular weight excluding hydrogens is 300 g/mol. The molecule has 0 aliphatic rings. The largest absolute Gasteiger partial charge is 0.492 e. The summed E-state index contributed by atoms with van der Waals surface area (Å²) in [7, 11) is 0. The van der Waals surface area contributed by atoms with Crippen LogP contribution in [0.1, 0.15) is 17.4 Å². The molecule has 4 nitrogen and oxygen atoms in total. The number of amides is 1. The van der Waals surface area contributed by atoms with Crippen molar-refractivity contribution in [2.45, 2.75) is 6.92 Å². The van der Waals surface area contributed by atoms with E-state index in [2.05, 4.69) is 10.3 Å². The van der Waals surface area contributed by atoms with Gasteiger partial charge >= 0.3 is 0 Å². The number of carbonyl (C=O) groups excluding carboxylic acids is 1. The standard InChI is InChI=1S/C17H15ClN2O2/c1-2-22-16-6-4-3-5-14(16)20-17(21)15-10-11-9-12(18)7-8-13(11)19-15/h3-10,19H,2H2,1H3,(H,20,21). The molecule has 3 rings (SSSR count). The molecule has 1 heterocycles. The number of hydrogen-bond acceptors (Lipinski definition) is 2. The number of anilines is 1. The van der Waals surface area contributed by atoms with E-state index < -0.39 is 0 Å². The van der Waals surface area contributed by atoms with Crippen LogP contribution >= 0.6 is 11.6 Å². The van der Waals surface area contributed by atoms with Crippen LogP contribution in [0.4, 0.5) is 5.69 Å². The van der Waals surface area contributed by atoms with Gasteiger partial charge in [0, 0.05) is 15.9 Å². The molecule has 3 aromatic rings. The second-order valence-electron chi connectivity index (χ2n) is 4.80. The van der Waals surface area contributed by atoms with Crippen molar-refractivity contribution in [3.63, 3.8) is 0 Å². The fourth-order valence-corrected chi connectivity index (χ4v) is 2.45. The second kappa shape index (κ2) is 6.12. The highest BCUT2D eigenvalue weighted by Crippen LogP contribution is 2.25. The van der Waals surface area contributed by atoms with Gasteiger partial charge in [0.1, 0.15) is 11.4 Å². The predicted molar refractivity (Wildman–Crippen MR) is 88.9 cm³/mol. The Bertz CT molecular complexity index is 826. The third-order valence-corrected chi connectivity index (χ3v) is 3.50. The van der Waals surface area contributed by atoms with Crippen molar-refractivity contribution < 1.29 is 9.53 Å². The van der Waals surface area contributed by atoms with E-state index in [0.717, 1.165) is 10.9 Å². The highest BCUT2D eigenvalue weighted by atomic mass is 35.5. The molecule has 0 aliphatic carbocycles. The van der Waals surface area contributed by atoms with Crippen molar-refractivity contribution >= 4 is 34.1 Å². The molecule has 0 fully saturated rings. The molecule has 0 saturated heterocycles. The van der Waals surface area contributed by atoms with Crippen molar-refractivity contribution in [2.75, 3.05) is 11.9 Å². The number of benzene rings is 2. The van der Waals surface area contributed by atoms with Gasteiger partial charge in [-0.3, -0.25) is 4.79 Å². The summed E-state index contributed by atoms with van der Waals surface area (Å²) in [4.78, 5) is 15.5. The van der Waals surface area contributed by atoms with Crippen LogP contribution in [0.3, 0.4) is 0 Å². The van der Waals surface area contributed by atoms with Crippen molar-refractivity contribution in [1.82, 2.24) is 4.98 Å². The predicted octanol–water partition coefficient (Wildman–Crippen LogP) is 4.47. The first-order valence-electron chi connectivity index (χ1n) is 6.99. The molecule has 0 saturated carbocycles. The quantitative estimate of drug-likeness (QED) is 0.746. The van der Waals surface area contributed by atoms with E-state index in [4.69, 9.17) is 16.3 Å². The fraction of sp³-hybridized carbons (Fsp3) is 0.118. The Balaban J connectivity index is 1.87. The average molecular weight is 315 g/mol. The van der Waals surface area contributed by atoms with E-state index in [1.165, 1.54) is 0 Å². The topological polar surface area (TPSA) is 54.1 Å². The molecule has 0 atom stereocenters. The van der Waals surface area contributed by atoms with Crippen molar-refractivity contribution in [3.8, 4) is 5.75 Å². The Kier molecular flexibility index (Phi) is 4.02. The zero-order valence-electron chi connectivity index (χ0n) is 12.0. The van der Waals surface area contributed by atoms with Crippen LogP contribution < -0.4 is 10.1 Å². The summed E-state index contributed by atoms with van der Waals surface area (Å²) in [5, 5.41) is 4.40. The molecule has 0 aliphatic heterocycles. The van der Waals surface area contributed by atoms with Crippen LogP contribution in [0.25, 0.3) is 10.9 Å². The van der Waals surface area contributed by atoms with E-state index in [1.807, 2.05) is 43.3 Å². The van der Waals surface area contributed by atoms with Gasteiger partial charge in [-0.15, -0.1) is 0 Å². The van der Waals surface area contributed by atoms with Crippen molar-refractivity contribution in [1.29, 1.82) is 0 Å². The van der Waals surface area contributed by atoms with E-state index in [9.17, 15) is 4.79 Å². The monoisotopic (exact) mass is 314 g/mol. The van der Waals surface area contributed by atoms with Crippen LogP contribution in [-0.4, -0.2) is 17.5 Å². The van der Waals surface area contributed by atoms with Gasteiger partial charge in [0.05, 0.1) is 12.3 Å². The minimum atomic E-state index is -0.223. The fourth-order valence-electron chi connectivity index (χ4n) is 2.27. The number of halogens is 1. The molecule has 2 N–H and O–H groups in total. The Morgan fingerprint density at radius 2 is 2.05 bits per heavy atom. The summed E-state index contributed by atoms with van der Waals surface area (Å²) in [5.74, 6) is 0.428. The van der Waals surface area contributed by atoms with Crippen LogP contribution in [-0.2, 0) is 0 Å². The average Bonchev–Trinajstić information content (AvgIpc) is 2.92. The molecule has 5 heteroatoms. The first kappa shape index (κ1) is 14.5. The molecule has 1 amide bonds. The lowest BCUT2D eigenvalue weighted by Crippen LogP contribution is -2.13. The Morgan fingerprint density at radius 3 is 2.86 bits per heavy atom. The normalized spacial score (nSPS) is 10.6. The lowest BCUT2D eigenvalue weighted by Gasteiger charge is -2.10. The number of carbonyl (C=O) groups is 1. The minimum absolute atomic E-state index is 0.223. The Hall–Kier alpha value is -2.46. The van der Waals surface area contributed by atoms with E-state index in [-0.39, 0.29) is 5.91 Å². The summed E-state index contributed by atoms with van der Waals surface area (Å²) >= 11 is 5.96. The summed E-state index contributed by atoms with van der Waals surface area (Å²) in [6.07, 6.45) is 0. The van der Waals surface area contributed by atoms with Gasteiger partial charge in [-0.25, -0.2) is 0 Å². The van der Waals surface area contributed by atoms with Gasteiger partial charge in [0.15, 0.2) is 0 Å². The minimum Gasteiger partial charge on any atom is -0.492 e. The summed E-state index contributed by atoms with van der Waals surface area (Å²) in [5.41, 5.74) is 1.99. The molecule has 112 valence electrons. The van der Waals surface area contributed by atoms with Gasteiger partial charge in [0.2, 0.25) is 0 Å². The number of para-hydroxylation sites is 2. The smallest absolute Gasteiger partial charge is 0.272 e. The zero-order valence-corrected chi connectivity index (χ0v) is 12.8. The summed E-state index contributed by atoms with van der Waals surface area (Å²) < 4.78 is 5.51. The van der Waals surface area contributed by atoms with Gasteiger partial charge in [-0.1, -0.05) is 23.7 Å². The molecule has 22 heavy (non-hydrogen) atoms. The number of hydrogen-bond donors (Lipinski definition) is 2. The number of rotatable bonds is 4. The van der Waals surface area contributed by atoms with Gasteiger partial charge in [0.25, 0.3) is 5.91 Å². The van der Waals surface area contributed by atoms with Crippen LogP contribution in [0.5, 0.6) is 5.75 Å². The number of aromatic amines is 1. The molecule has 1 aromatic heterocycles. The third kappa shape index (κ3) is 2.92. The number of ether oxygens (including phenoxy) is 1. The van der Waals surface area contributed by atoms with Crippen LogP contribution in [0.2, 0.25) is 5.02 Å². The maximum Gasteiger partial charge on any atom is 0.272 e. The molecule has 0 spiro atoms. The molecule has 0 radical (unpaired) electrons. The van der Waals surface area contributed by atoms with Crippen LogP contribution in [0, 0.1) is 0 Å². The Morgan fingerprint density at radius 1 is 1.23 bits per heavy atom. The van der Waals surface area contributed by atoms with Gasteiger partial charge in [-0.05, 0) is 43.3 Å². The Labute approximate surface area is 133 Å². The third-order valence-electron chi connectivity index (χ3n) is 3.26. The maximum atomic E-state index is 12.4. The molecular formula is C17H15ClN2O2. The van der Waals surface area contributed by atoms with E-state index in [0.29, 0.717) is 28.8 Å². The lowest BCUT2D eigenvalue weighted by molar-refractivity contribution is 0.102. The van der Waals surface area contributed by atoms with Crippen molar-refractivity contribution in [2.24, 2.45) is 0 Å². The SMILES string of the molecule is CCOc1ccccc1NC(=O)c1cc2cc(Cl)ccc2[nH]1. The molecule has 0 bridgehead atoms. The van der Waals surface area contributed by atoms with Gasteiger partial charge in [-0.2, -0.15) is 0 Å². The zero-order chi connectivity index (χ0) is 15.5. The first-order valence-corrected chi connectivity index (χ1v) is 7.36. The number of H-pyrrole nitrogens is 1. The highest BCUT2D eigenvalue weighted by molar-refractivity contribution is 6.31. The molecule has 0 unspecified atom stereocenters. The van der Waals surface area contributed by atoms with Crippen molar-refractivity contribution in [3.05, 3.63) is 59.2 Å². The maximum absolute atomic E-state index is 12.4. The number of aromatic nitrogens is 1. The first-order chi connectivity index (χ1) is 10.7. The summed E-state index contributed by atoms with van der Waals surface area (Å²) in [6.45, 7) is 2.44. The summed E-state index contributed by atoms with van der Waals surface area (Å²) in [6, 6.07) is 14.6. The van der Waals surface area contributed by atoms with E-state index in [1.54, 1.807) is 12.1 Å². The van der Waals surface area contributed by atoms with Gasteiger partial charge < -0.3 is 15.0 Å². The van der Waals surface area contributed by atoms with Crippen LogP contribution in [0.15, 0.2) is 48.5 Å². The number of fused-ring (bicyclic) bond motifs is 1. The lowest BCUT2D eigenvalue weighted by atomic mass is 10.2. The highest BCUT2D eigenvalue weighted by Gasteiger charge is 2.12.